The third-order valence-electron chi connectivity index (χ3n) is 6.40. The fraction of sp³-hybridized carbons (Fsp3) is 0.500. The van der Waals surface area contributed by atoms with Crippen LogP contribution in [0.25, 0.3) is 11.2 Å². The molecule has 2 aromatic heterocycles. The van der Waals surface area contributed by atoms with Crippen LogP contribution in [0.15, 0.2) is 35.7 Å². The number of aldehydes is 1. The van der Waals surface area contributed by atoms with E-state index in [4.69, 9.17) is 4.98 Å². The van der Waals surface area contributed by atoms with Crippen molar-refractivity contribution in [1.82, 2.24) is 25.2 Å². The number of hydrogen-bond acceptors (Lipinski definition) is 6. The average molecular weight is 494 g/mol. The summed E-state index contributed by atoms with van der Waals surface area (Å²) in [5, 5.41) is 12.0. The maximum atomic E-state index is 12.9. The molecule has 190 valence electrons. The van der Waals surface area contributed by atoms with Crippen LogP contribution in [0.2, 0.25) is 0 Å². The van der Waals surface area contributed by atoms with E-state index in [1.807, 2.05) is 13.0 Å². The van der Waals surface area contributed by atoms with Crippen LogP contribution in [0, 0.1) is 0 Å². The van der Waals surface area contributed by atoms with Crippen LogP contribution in [-0.4, -0.2) is 70.1 Å². The first-order valence-corrected chi connectivity index (χ1v) is 11.6. The number of imidazole rings is 1. The Bertz CT molecular complexity index is 1100. The number of nitrogens with one attached hydrogen (secondary N) is 2. The molecular weight excluding hydrogens is 463 g/mol. The van der Waals surface area contributed by atoms with Crippen LogP contribution in [0.1, 0.15) is 55.8 Å². The summed E-state index contributed by atoms with van der Waals surface area (Å²) in [5.41, 5.74) is 1.14. The largest absolute Gasteiger partial charge is 0.419 e. The number of likely N-dealkylation sites (tertiary alicyclic amines) is 1. The Kier molecular flexibility index (Phi) is 8.66. The second-order valence-corrected chi connectivity index (χ2v) is 8.47. The number of aliphatic hydroxyl groups excluding tert-OH is 1. The van der Waals surface area contributed by atoms with Gasteiger partial charge >= 0.3 is 6.18 Å². The molecule has 1 fully saturated rings. The van der Waals surface area contributed by atoms with E-state index >= 15 is 0 Å². The Hall–Kier alpha value is -3.21. The number of aromatic nitrogens is 3. The van der Waals surface area contributed by atoms with Crippen molar-refractivity contribution >= 4 is 23.4 Å². The molecule has 1 unspecified atom stereocenters. The second kappa shape index (κ2) is 11.5. The Morgan fingerprint density at radius 3 is 2.63 bits per heavy atom. The zero-order valence-corrected chi connectivity index (χ0v) is 19.7. The van der Waals surface area contributed by atoms with Gasteiger partial charge in [-0.1, -0.05) is 6.92 Å². The molecule has 0 bridgehead atoms. The highest BCUT2D eigenvalue weighted by molar-refractivity contribution is 5.93. The van der Waals surface area contributed by atoms with Gasteiger partial charge in [-0.15, -0.1) is 0 Å². The molecule has 3 rings (SSSR count). The van der Waals surface area contributed by atoms with Gasteiger partial charge in [-0.3, -0.25) is 9.59 Å². The number of hydrogen-bond donors (Lipinski definition) is 3. The number of halogens is 3. The summed E-state index contributed by atoms with van der Waals surface area (Å²) in [6.45, 7) is 2.97. The van der Waals surface area contributed by atoms with Crippen molar-refractivity contribution < 1.29 is 27.9 Å². The highest BCUT2D eigenvalue weighted by atomic mass is 19.4. The van der Waals surface area contributed by atoms with E-state index in [1.165, 1.54) is 7.05 Å². The lowest BCUT2D eigenvalue weighted by atomic mass is 9.89. The van der Waals surface area contributed by atoms with Gasteiger partial charge in [0, 0.05) is 38.9 Å². The number of carbonyl (C=O) groups excluding carboxylic acids is 2. The lowest BCUT2D eigenvalue weighted by molar-refractivity contribution is -0.128. The van der Waals surface area contributed by atoms with Crippen LogP contribution in [0.3, 0.4) is 0 Å². The van der Waals surface area contributed by atoms with Gasteiger partial charge in [-0.25, -0.2) is 9.97 Å². The van der Waals surface area contributed by atoms with E-state index in [1.54, 1.807) is 11.1 Å². The smallest absolute Gasteiger partial charge is 0.396 e. The molecule has 35 heavy (non-hydrogen) atoms. The summed E-state index contributed by atoms with van der Waals surface area (Å²) in [6, 6.07) is 1.93. The van der Waals surface area contributed by atoms with E-state index in [9.17, 15) is 27.9 Å². The second-order valence-electron chi connectivity index (χ2n) is 8.47. The number of allylic oxidation sites excluding steroid dienone is 3. The Labute approximate surface area is 201 Å². The molecular formula is C24H30F3N5O3. The number of aliphatic hydroxyl groups is 1. The molecule has 0 radical (unpaired) electrons. The molecule has 3 heterocycles. The molecule has 0 spiro atoms. The predicted octanol–water partition coefficient (Wildman–Crippen LogP) is 3.33. The molecule has 1 amide bonds. The first-order valence-electron chi connectivity index (χ1n) is 11.6. The lowest BCUT2D eigenvalue weighted by Crippen LogP contribution is -2.40. The van der Waals surface area contributed by atoms with Gasteiger partial charge in [0.25, 0.3) is 5.91 Å². The van der Waals surface area contributed by atoms with Crippen molar-refractivity contribution in [2.45, 2.75) is 50.6 Å². The number of H-pyrrole nitrogens is 1. The summed E-state index contributed by atoms with van der Waals surface area (Å²) < 4.78 is 38.3. The van der Waals surface area contributed by atoms with Crippen LogP contribution in [0.5, 0.6) is 0 Å². The molecule has 1 aliphatic heterocycles. The van der Waals surface area contributed by atoms with Gasteiger partial charge < -0.3 is 20.3 Å². The number of nitrogens with zero attached hydrogens (tertiary/aromatic N) is 3. The summed E-state index contributed by atoms with van der Waals surface area (Å²) in [4.78, 5) is 37.6. The molecule has 1 saturated heterocycles. The Morgan fingerprint density at radius 2 is 2.06 bits per heavy atom. The van der Waals surface area contributed by atoms with E-state index in [0.717, 1.165) is 29.4 Å². The molecule has 3 N–H and O–H groups in total. The topological polar surface area (TPSA) is 111 Å². The number of aromatic amines is 1. The SMILES string of the molecule is CCC(CCO)c1nc2c(C3CCN(C(=O)/C(=C/C=C(\C=O)C(F)(F)F)NC)CC3)ccnc2[nH]1. The number of carbonyl (C=O) groups is 2. The summed E-state index contributed by atoms with van der Waals surface area (Å²) in [7, 11) is 1.45. The Balaban J connectivity index is 1.74. The van der Waals surface area contributed by atoms with Crippen LogP contribution in [0.4, 0.5) is 13.2 Å². The maximum Gasteiger partial charge on any atom is 0.419 e. The van der Waals surface area contributed by atoms with Crippen molar-refractivity contribution in [2.75, 3.05) is 26.7 Å². The average Bonchev–Trinajstić information content (AvgIpc) is 3.28. The Morgan fingerprint density at radius 1 is 1.34 bits per heavy atom. The van der Waals surface area contributed by atoms with Crippen molar-refractivity contribution in [2.24, 2.45) is 0 Å². The number of pyridine rings is 1. The number of likely N-dealkylation sites (N-methyl/N-ethyl adjacent to an activating group) is 1. The quantitative estimate of drug-likeness (QED) is 0.281. The highest BCUT2D eigenvalue weighted by Gasteiger charge is 2.33. The van der Waals surface area contributed by atoms with E-state index < -0.39 is 17.7 Å². The van der Waals surface area contributed by atoms with Crippen molar-refractivity contribution in [1.29, 1.82) is 0 Å². The highest BCUT2D eigenvalue weighted by Crippen LogP contribution is 2.33. The van der Waals surface area contributed by atoms with Gasteiger partial charge in [0.05, 0.1) is 11.3 Å². The maximum absolute atomic E-state index is 12.9. The zero-order chi connectivity index (χ0) is 25.6. The van der Waals surface area contributed by atoms with Crippen molar-refractivity contribution in [3.8, 4) is 0 Å². The van der Waals surface area contributed by atoms with Gasteiger partial charge in [0.15, 0.2) is 11.9 Å². The number of piperidine rings is 1. The van der Waals surface area contributed by atoms with Gasteiger partial charge in [0.2, 0.25) is 0 Å². The van der Waals surface area contributed by atoms with E-state index in [-0.39, 0.29) is 30.4 Å². The van der Waals surface area contributed by atoms with Gasteiger partial charge in [-0.2, -0.15) is 13.2 Å². The lowest BCUT2D eigenvalue weighted by Gasteiger charge is -2.32. The first kappa shape index (κ1) is 26.4. The first-order chi connectivity index (χ1) is 16.7. The minimum Gasteiger partial charge on any atom is -0.396 e. The van der Waals surface area contributed by atoms with Gasteiger partial charge in [-0.05, 0) is 55.4 Å². The molecule has 0 aliphatic carbocycles. The molecule has 1 atom stereocenters. The monoisotopic (exact) mass is 493 g/mol. The summed E-state index contributed by atoms with van der Waals surface area (Å²) in [6.07, 6.45) is 1.03. The van der Waals surface area contributed by atoms with Crippen molar-refractivity contribution in [3.63, 3.8) is 0 Å². The van der Waals surface area contributed by atoms with Gasteiger partial charge in [0.1, 0.15) is 11.3 Å². The molecule has 0 aromatic carbocycles. The summed E-state index contributed by atoms with van der Waals surface area (Å²) in [5.74, 6) is 0.632. The van der Waals surface area contributed by atoms with E-state index in [0.29, 0.717) is 44.1 Å². The molecule has 1 aliphatic rings. The fourth-order valence-corrected chi connectivity index (χ4v) is 4.36. The standard InChI is InChI=1S/C24H30F3N5O3/c1-3-15(9-13-33)21-30-20-18(6-10-29-22(20)31-21)16-7-11-32(12-8-16)23(35)19(28-2)5-4-17(14-34)24(25,26)27/h4-6,10,14-16,28,33H,3,7-9,11-13H2,1-2H3,(H,29,30,31)/b17-4+,19-5-. The number of amides is 1. The molecule has 2 aromatic rings. The number of rotatable bonds is 9. The fourth-order valence-electron chi connectivity index (χ4n) is 4.36. The predicted molar refractivity (Wildman–Crippen MR) is 125 cm³/mol. The van der Waals surface area contributed by atoms with Crippen LogP contribution >= 0.6 is 0 Å². The minimum absolute atomic E-state index is 0.0233. The minimum atomic E-state index is -4.78. The van der Waals surface area contributed by atoms with Crippen molar-refractivity contribution in [3.05, 3.63) is 47.1 Å². The van der Waals surface area contributed by atoms with Crippen LogP contribution < -0.4 is 5.32 Å². The van der Waals surface area contributed by atoms with E-state index in [2.05, 4.69) is 15.3 Å². The molecule has 8 nitrogen and oxygen atoms in total. The van der Waals surface area contributed by atoms with Crippen LogP contribution in [-0.2, 0) is 9.59 Å². The number of fused-ring (bicyclic) bond motifs is 1. The third kappa shape index (κ3) is 6.08. The molecule has 0 saturated carbocycles. The number of alkyl halides is 3. The molecule has 11 heteroatoms. The zero-order valence-electron chi connectivity index (χ0n) is 19.7. The third-order valence-corrected chi connectivity index (χ3v) is 6.40. The normalized spacial score (nSPS) is 17.0. The summed E-state index contributed by atoms with van der Waals surface area (Å²) >= 11 is 0.